The van der Waals surface area contributed by atoms with E-state index in [0.29, 0.717) is 0 Å². The predicted molar refractivity (Wildman–Crippen MR) is 73.0 cm³/mol. The van der Waals surface area contributed by atoms with Gasteiger partial charge in [-0.05, 0) is 57.3 Å². The molecule has 2 aliphatic heterocycles. The molecule has 0 aliphatic carbocycles. The van der Waals surface area contributed by atoms with Crippen molar-refractivity contribution in [2.24, 2.45) is 23.5 Å². The van der Waals surface area contributed by atoms with E-state index in [2.05, 4.69) is 23.8 Å². The van der Waals surface area contributed by atoms with Gasteiger partial charge < -0.3 is 15.5 Å². The van der Waals surface area contributed by atoms with Gasteiger partial charge in [-0.3, -0.25) is 0 Å². The zero-order valence-electron chi connectivity index (χ0n) is 11.6. The fourth-order valence-electron chi connectivity index (χ4n) is 3.52. The second-order valence-electron chi connectivity index (χ2n) is 6.13. The number of nitrogens with zero attached hydrogens (tertiary/aromatic N) is 2. The Labute approximate surface area is 106 Å². The van der Waals surface area contributed by atoms with Crippen molar-refractivity contribution in [1.82, 2.24) is 9.80 Å². The van der Waals surface area contributed by atoms with E-state index in [0.717, 1.165) is 24.3 Å². The second-order valence-corrected chi connectivity index (χ2v) is 6.13. The van der Waals surface area contributed by atoms with Gasteiger partial charge in [-0.25, -0.2) is 0 Å². The third kappa shape index (κ3) is 3.43. The molecule has 2 N–H and O–H groups in total. The van der Waals surface area contributed by atoms with Gasteiger partial charge in [0.25, 0.3) is 0 Å². The summed E-state index contributed by atoms with van der Waals surface area (Å²) in [6, 6.07) is 0. The Hall–Kier alpha value is -0.120. The van der Waals surface area contributed by atoms with Crippen molar-refractivity contribution >= 4 is 0 Å². The highest BCUT2D eigenvalue weighted by atomic mass is 15.2. The average molecular weight is 239 g/mol. The van der Waals surface area contributed by atoms with Gasteiger partial charge in [0.1, 0.15) is 0 Å². The van der Waals surface area contributed by atoms with Gasteiger partial charge in [0.05, 0.1) is 0 Å². The molecule has 0 radical (unpaired) electrons. The summed E-state index contributed by atoms with van der Waals surface area (Å²) < 4.78 is 0. The van der Waals surface area contributed by atoms with Crippen LogP contribution in [-0.4, -0.2) is 56.1 Å². The van der Waals surface area contributed by atoms with Crippen LogP contribution in [0.4, 0.5) is 0 Å². The third-order valence-electron chi connectivity index (χ3n) is 4.83. The molecule has 2 heterocycles. The lowest BCUT2D eigenvalue weighted by atomic mass is 9.94. The Bertz CT molecular complexity index is 212. The molecule has 2 saturated heterocycles. The fraction of sp³-hybridized carbons (Fsp3) is 1.00. The molecule has 3 heteroatoms. The van der Waals surface area contributed by atoms with E-state index in [1.165, 1.54) is 52.0 Å². The van der Waals surface area contributed by atoms with Gasteiger partial charge in [0.2, 0.25) is 0 Å². The Balaban J connectivity index is 1.76. The van der Waals surface area contributed by atoms with Crippen molar-refractivity contribution in [1.29, 1.82) is 0 Å². The molecule has 2 rings (SSSR count). The van der Waals surface area contributed by atoms with Gasteiger partial charge in [0, 0.05) is 19.6 Å². The van der Waals surface area contributed by atoms with Crippen molar-refractivity contribution in [3.8, 4) is 0 Å². The summed E-state index contributed by atoms with van der Waals surface area (Å²) in [5, 5.41) is 0. The van der Waals surface area contributed by atoms with Crippen LogP contribution in [0.25, 0.3) is 0 Å². The van der Waals surface area contributed by atoms with Crippen LogP contribution in [0.5, 0.6) is 0 Å². The Kier molecular flexibility index (Phi) is 4.83. The smallest absolute Gasteiger partial charge is 0.00251 e. The van der Waals surface area contributed by atoms with Crippen LogP contribution in [0.3, 0.4) is 0 Å². The molecule has 0 saturated carbocycles. The summed E-state index contributed by atoms with van der Waals surface area (Å²) in [5.74, 6) is 2.54. The van der Waals surface area contributed by atoms with Gasteiger partial charge in [-0.15, -0.1) is 0 Å². The lowest BCUT2D eigenvalue weighted by molar-refractivity contribution is 0.172. The van der Waals surface area contributed by atoms with Crippen molar-refractivity contribution in [3.05, 3.63) is 0 Å². The molecule has 0 amide bonds. The van der Waals surface area contributed by atoms with E-state index in [4.69, 9.17) is 5.73 Å². The molecule has 2 fully saturated rings. The first-order valence-corrected chi connectivity index (χ1v) is 7.33. The zero-order valence-corrected chi connectivity index (χ0v) is 11.6. The summed E-state index contributed by atoms with van der Waals surface area (Å²) in [6.07, 6.45) is 4.07. The quantitative estimate of drug-likeness (QED) is 0.801. The fourth-order valence-corrected chi connectivity index (χ4v) is 3.52. The minimum Gasteiger partial charge on any atom is -0.330 e. The van der Waals surface area contributed by atoms with Crippen LogP contribution in [0, 0.1) is 17.8 Å². The van der Waals surface area contributed by atoms with E-state index in [1.54, 1.807) is 0 Å². The van der Waals surface area contributed by atoms with E-state index < -0.39 is 0 Å². The monoisotopic (exact) mass is 239 g/mol. The molecule has 0 spiro atoms. The SMILES string of the molecule is CC[C@@H]1CN(CC2CCN(C)CC2)C[C@@H]1CN. The number of hydrogen-bond donors (Lipinski definition) is 1. The van der Waals surface area contributed by atoms with Gasteiger partial charge in [-0.2, -0.15) is 0 Å². The maximum absolute atomic E-state index is 5.88. The van der Waals surface area contributed by atoms with Crippen molar-refractivity contribution < 1.29 is 0 Å². The summed E-state index contributed by atoms with van der Waals surface area (Å²) in [4.78, 5) is 5.14. The van der Waals surface area contributed by atoms with Crippen LogP contribution >= 0.6 is 0 Å². The first-order chi connectivity index (χ1) is 8.22. The van der Waals surface area contributed by atoms with E-state index in [-0.39, 0.29) is 0 Å². The third-order valence-corrected chi connectivity index (χ3v) is 4.83. The highest BCUT2D eigenvalue weighted by Gasteiger charge is 2.31. The molecule has 3 nitrogen and oxygen atoms in total. The lowest BCUT2D eigenvalue weighted by Gasteiger charge is -2.31. The number of hydrogen-bond acceptors (Lipinski definition) is 3. The van der Waals surface area contributed by atoms with Crippen LogP contribution in [0.15, 0.2) is 0 Å². The van der Waals surface area contributed by atoms with E-state index in [1.807, 2.05) is 0 Å². The normalized spacial score (nSPS) is 33.4. The van der Waals surface area contributed by atoms with E-state index >= 15 is 0 Å². The molecule has 0 aromatic rings. The summed E-state index contributed by atoms with van der Waals surface area (Å²) in [7, 11) is 2.24. The topological polar surface area (TPSA) is 32.5 Å². The molecule has 2 atom stereocenters. The van der Waals surface area contributed by atoms with E-state index in [9.17, 15) is 0 Å². The molecular formula is C14H29N3. The van der Waals surface area contributed by atoms with Gasteiger partial charge in [-0.1, -0.05) is 13.3 Å². The van der Waals surface area contributed by atoms with Crippen LogP contribution in [0.2, 0.25) is 0 Å². The standard InChI is InChI=1S/C14H29N3/c1-3-13-10-17(11-14(13)8-15)9-12-4-6-16(2)7-5-12/h12-14H,3-11,15H2,1-2H3/t13-,14+/m1/s1. The molecule has 0 bridgehead atoms. The molecule has 0 aromatic carbocycles. The van der Waals surface area contributed by atoms with Crippen LogP contribution < -0.4 is 5.73 Å². The second kappa shape index (κ2) is 6.17. The number of rotatable bonds is 4. The van der Waals surface area contributed by atoms with Crippen molar-refractivity contribution in [2.45, 2.75) is 26.2 Å². The predicted octanol–water partition coefficient (Wildman–Crippen LogP) is 1.24. The largest absolute Gasteiger partial charge is 0.330 e. The summed E-state index contributed by atoms with van der Waals surface area (Å²) in [5.41, 5.74) is 5.88. The molecule has 2 aliphatic rings. The zero-order chi connectivity index (χ0) is 12.3. The minimum absolute atomic E-state index is 0.756. The number of nitrogens with two attached hydrogens (primary N) is 1. The first-order valence-electron chi connectivity index (χ1n) is 7.33. The Morgan fingerprint density at radius 2 is 1.76 bits per heavy atom. The Morgan fingerprint density at radius 3 is 2.29 bits per heavy atom. The summed E-state index contributed by atoms with van der Waals surface area (Å²) in [6.45, 7) is 9.63. The molecule has 17 heavy (non-hydrogen) atoms. The van der Waals surface area contributed by atoms with Crippen LogP contribution in [-0.2, 0) is 0 Å². The van der Waals surface area contributed by atoms with Gasteiger partial charge >= 0.3 is 0 Å². The highest BCUT2D eigenvalue weighted by Crippen LogP contribution is 2.27. The molecule has 0 unspecified atom stereocenters. The maximum Gasteiger partial charge on any atom is 0.00251 e. The average Bonchev–Trinajstić information content (AvgIpc) is 2.74. The highest BCUT2D eigenvalue weighted by molar-refractivity contribution is 4.85. The first kappa shape index (κ1) is 13.3. The van der Waals surface area contributed by atoms with Crippen molar-refractivity contribution in [2.75, 3.05) is 46.3 Å². The lowest BCUT2D eigenvalue weighted by Crippen LogP contribution is -2.36. The van der Waals surface area contributed by atoms with Crippen LogP contribution in [0.1, 0.15) is 26.2 Å². The number of piperidine rings is 1. The molecule has 0 aromatic heterocycles. The molecular weight excluding hydrogens is 210 g/mol. The molecule has 100 valence electrons. The summed E-state index contributed by atoms with van der Waals surface area (Å²) >= 11 is 0. The van der Waals surface area contributed by atoms with Crippen molar-refractivity contribution in [3.63, 3.8) is 0 Å². The Morgan fingerprint density at radius 1 is 1.12 bits per heavy atom. The van der Waals surface area contributed by atoms with Gasteiger partial charge in [0.15, 0.2) is 0 Å². The number of likely N-dealkylation sites (tertiary alicyclic amines) is 2. The minimum atomic E-state index is 0.756. The maximum atomic E-state index is 5.88.